The van der Waals surface area contributed by atoms with Crippen molar-refractivity contribution < 1.29 is 9.90 Å². The fourth-order valence-corrected chi connectivity index (χ4v) is 3.01. The summed E-state index contributed by atoms with van der Waals surface area (Å²) >= 11 is 0. The number of H-pyrrole nitrogens is 1. The van der Waals surface area contributed by atoms with E-state index in [1.54, 1.807) is 18.3 Å². The molecule has 3 rings (SSSR count). The minimum atomic E-state index is -0.457. The molecule has 1 fully saturated rings. The number of hydrogen-bond acceptors (Lipinski definition) is 3. The highest BCUT2D eigenvalue weighted by atomic mass is 16.3. The van der Waals surface area contributed by atoms with Gasteiger partial charge in [-0.3, -0.25) is 4.79 Å². The number of aliphatic hydroxyl groups is 1. The van der Waals surface area contributed by atoms with Crippen LogP contribution in [0.2, 0.25) is 0 Å². The van der Waals surface area contributed by atoms with Crippen molar-refractivity contribution in [1.29, 1.82) is 0 Å². The van der Waals surface area contributed by atoms with Gasteiger partial charge >= 0.3 is 0 Å². The average Bonchev–Trinajstić information content (AvgIpc) is 3.05. The summed E-state index contributed by atoms with van der Waals surface area (Å²) in [5.41, 5.74) is 7.41. The summed E-state index contributed by atoms with van der Waals surface area (Å²) in [7, 11) is 0. The van der Waals surface area contributed by atoms with Gasteiger partial charge in [-0.2, -0.15) is 0 Å². The van der Waals surface area contributed by atoms with Gasteiger partial charge in [-0.25, -0.2) is 0 Å². The third-order valence-electron chi connectivity index (χ3n) is 4.19. The Bertz CT molecular complexity index is 642. The van der Waals surface area contributed by atoms with Crippen molar-refractivity contribution in [2.75, 3.05) is 12.3 Å². The average molecular weight is 273 g/mol. The smallest absolute Gasteiger partial charge is 0.253 e. The van der Waals surface area contributed by atoms with Crippen molar-refractivity contribution in [1.82, 2.24) is 10.3 Å². The van der Waals surface area contributed by atoms with Crippen LogP contribution in [-0.2, 0) is 0 Å². The summed E-state index contributed by atoms with van der Waals surface area (Å²) in [5, 5.41) is 13.4. The van der Waals surface area contributed by atoms with Crippen LogP contribution in [0.3, 0.4) is 0 Å². The van der Waals surface area contributed by atoms with Gasteiger partial charge in [0.2, 0.25) is 0 Å². The predicted octanol–water partition coefficient (Wildman–Crippen LogP) is 1.78. The van der Waals surface area contributed by atoms with Crippen molar-refractivity contribution in [3.63, 3.8) is 0 Å². The van der Waals surface area contributed by atoms with E-state index in [4.69, 9.17) is 5.73 Å². The Morgan fingerprint density at radius 2 is 2.15 bits per heavy atom. The molecule has 1 aromatic carbocycles. The molecule has 2 aromatic rings. The fraction of sp³-hybridized carbons (Fsp3) is 0.400. The van der Waals surface area contributed by atoms with Crippen LogP contribution in [0.25, 0.3) is 10.9 Å². The van der Waals surface area contributed by atoms with Crippen molar-refractivity contribution in [3.8, 4) is 0 Å². The second-order valence-electron chi connectivity index (χ2n) is 5.61. The van der Waals surface area contributed by atoms with E-state index in [0.717, 1.165) is 36.6 Å². The van der Waals surface area contributed by atoms with Crippen LogP contribution in [0.1, 0.15) is 36.0 Å². The highest BCUT2D eigenvalue weighted by Crippen LogP contribution is 2.30. The Morgan fingerprint density at radius 3 is 2.85 bits per heavy atom. The van der Waals surface area contributed by atoms with E-state index in [0.29, 0.717) is 11.3 Å². The molecule has 5 N–H and O–H groups in total. The lowest BCUT2D eigenvalue weighted by Crippen LogP contribution is -2.49. The van der Waals surface area contributed by atoms with Gasteiger partial charge in [0.05, 0.1) is 17.7 Å². The highest BCUT2D eigenvalue weighted by Gasteiger charge is 2.35. The molecule has 1 amide bonds. The first-order valence-corrected chi connectivity index (χ1v) is 6.94. The van der Waals surface area contributed by atoms with E-state index in [-0.39, 0.29) is 12.5 Å². The van der Waals surface area contributed by atoms with E-state index in [2.05, 4.69) is 10.3 Å². The number of nitrogens with one attached hydrogen (secondary N) is 2. The molecular formula is C15H19N3O2. The normalized spacial score (nSPS) is 17.4. The van der Waals surface area contributed by atoms with Crippen LogP contribution < -0.4 is 11.1 Å². The van der Waals surface area contributed by atoms with Crippen molar-refractivity contribution in [2.45, 2.75) is 31.2 Å². The zero-order valence-electron chi connectivity index (χ0n) is 11.3. The second kappa shape index (κ2) is 4.83. The fourth-order valence-electron chi connectivity index (χ4n) is 3.01. The number of rotatable bonds is 3. The highest BCUT2D eigenvalue weighted by molar-refractivity contribution is 6.07. The molecule has 1 aliphatic carbocycles. The molecule has 20 heavy (non-hydrogen) atoms. The van der Waals surface area contributed by atoms with E-state index < -0.39 is 5.54 Å². The quantitative estimate of drug-likeness (QED) is 0.642. The number of carbonyl (C=O) groups excluding carboxylic acids is 1. The zero-order valence-corrected chi connectivity index (χ0v) is 11.3. The number of anilines is 1. The molecule has 5 heteroatoms. The number of amides is 1. The van der Waals surface area contributed by atoms with Crippen molar-refractivity contribution >= 4 is 22.5 Å². The summed E-state index contributed by atoms with van der Waals surface area (Å²) in [6, 6.07) is 5.45. The monoisotopic (exact) mass is 273 g/mol. The van der Waals surface area contributed by atoms with Crippen LogP contribution in [-0.4, -0.2) is 28.1 Å². The SMILES string of the molecule is Nc1ccc2[nH]cc(C(=O)NC3(CO)CCCC3)c2c1. The maximum Gasteiger partial charge on any atom is 0.253 e. The summed E-state index contributed by atoms with van der Waals surface area (Å²) in [6.07, 6.45) is 5.45. The van der Waals surface area contributed by atoms with E-state index in [9.17, 15) is 9.90 Å². The van der Waals surface area contributed by atoms with E-state index in [1.807, 2.05) is 6.07 Å². The molecule has 106 valence electrons. The summed E-state index contributed by atoms with van der Waals surface area (Å²) in [5.74, 6) is -0.155. The lowest BCUT2D eigenvalue weighted by atomic mass is 9.98. The summed E-state index contributed by atoms with van der Waals surface area (Å²) in [6.45, 7) is -0.0107. The molecule has 1 saturated carbocycles. The Hall–Kier alpha value is -2.01. The summed E-state index contributed by atoms with van der Waals surface area (Å²) in [4.78, 5) is 15.5. The largest absolute Gasteiger partial charge is 0.399 e. The van der Waals surface area contributed by atoms with Crippen LogP contribution in [0.5, 0.6) is 0 Å². The first-order chi connectivity index (χ1) is 9.63. The van der Waals surface area contributed by atoms with Gasteiger partial charge in [0.15, 0.2) is 0 Å². The predicted molar refractivity (Wildman–Crippen MR) is 78.5 cm³/mol. The van der Waals surface area contributed by atoms with Crippen LogP contribution >= 0.6 is 0 Å². The molecule has 0 saturated heterocycles. The second-order valence-corrected chi connectivity index (χ2v) is 5.61. The minimum absolute atomic E-state index is 0.0107. The minimum Gasteiger partial charge on any atom is -0.399 e. The van der Waals surface area contributed by atoms with Crippen molar-refractivity contribution in [3.05, 3.63) is 30.0 Å². The Kier molecular flexibility index (Phi) is 3.14. The van der Waals surface area contributed by atoms with E-state index >= 15 is 0 Å². The molecule has 0 atom stereocenters. The number of aliphatic hydroxyl groups excluding tert-OH is 1. The number of aromatic amines is 1. The molecule has 0 spiro atoms. The Labute approximate surface area is 117 Å². The van der Waals surface area contributed by atoms with Crippen LogP contribution in [0, 0.1) is 0 Å². The standard InChI is InChI=1S/C15H19N3O2/c16-10-3-4-13-11(7-10)12(8-17-13)14(20)18-15(9-19)5-1-2-6-15/h3-4,7-8,17,19H,1-2,5-6,9,16H2,(H,18,20). The third-order valence-corrected chi connectivity index (χ3v) is 4.19. The van der Waals surface area contributed by atoms with E-state index in [1.165, 1.54) is 0 Å². The van der Waals surface area contributed by atoms with Crippen molar-refractivity contribution in [2.24, 2.45) is 0 Å². The number of hydrogen-bond donors (Lipinski definition) is 4. The lowest BCUT2D eigenvalue weighted by molar-refractivity contribution is 0.0840. The number of fused-ring (bicyclic) bond motifs is 1. The molecule has 0 unspecified atom stereocenters. The first kappa shape index (κ1) is 13.0. The topological polar surface area (TPSA) is 91.1 Å². The Balaban J connectivity index is 1.90. The number of aromatic nitrogens is 1. The number of nitrogen functional groups attached to an aromatic ring is 1. The molecule has 1 aliphatic rings. The molecule has 0 bridgehead atoms. The molecular weight excluding hydrogens is 254 g/mol. The molecule has 5 nitrogen and oxygen atoms in total. The zero-order chi connectivity index (χ0) is 14.2. The Morgan fingerprint density at radius 1 is 1.40 bits per heavy atom. The third kappa shape index (κ3) is 2.14. The molecule has 1 heterocycles. The summed E-state index contributed by atoms with van der Waals surface area (Å²) < 4.78 is 0. The molecule has 0 aliphatic heterocycles. The number of carbonyl (C=O) groups is 1. The van der Waals surface area contributed by atoms with Gasteiger partial charge in [-0.1, -0.05) is 12.8 Å². The van der Waals surface area contributed by atoms with Gasteiger partial charge in [0.1, 0.15) is 0 Å². The molecule has 0 radical (unpaired) electrons. The maximum atomic E-state index is 12.5. The van der Waals surface area contributed by atoms with Crippen LogP contribution in [0.4, 0.5) is 5.69 Å². The molecule has 1 aromatic heterocycles. The number of nitrogens with two attached hydrogens (primary N) is 1. The maximum absolute atomic E-state index is 12.5. The van der Waals surface area contributed by atoms with Gasteiger partial charge in [-0.05, 0) is 31.0 Å². The van der Waals surface area contributed by atoms with Gasteiger partial charge in [0, 0.05) is 22.8 Å². The van der Waals surface area contributed by atoms with Gasteiger partial charge < -0.3 is 21.1 Å². The van der Waals surface area contributed by atoms with Gasteiger partial charge in [0.25, 0.3) is 5.91 Å². The number of benzene rings is 1. The van der Waals surface area contributed by atoms with Crippen LogP contribution in [0.15, 0.2) is 24.4 Å². The first-order valence-electron chi connectivity index (χ1n) is 6.94. The van der Waals surface area contributed by atoms with Gasteiger partial charge in [-0.15, -0.1) is 0 Å². The lowest BCUT2D eigenvalue weighted by Gasteiger charge is -2.27.